The van der Waals surface area contributed by atoms with Crippen LogP contribution in [0, 0.1) is 0 Å². The molecule has 0 saturated carbocycles. The summed E-state index contributed by atoms with van der Waals surface area (Å²) in [6.45, 7) is 0. The van der Waals surface area contributed by atoms with E-state index in [0.717, 1.165) is 33.8 Å². The predicted octanol–water partition coefficient (Wildman–Crippen LogP) is 4.74. The highest BCUT2D eigenvalue weighted by Crippen LogP contribution is 2.43. The van der Waals surface area contributed by atoms with Crippen LogP contribution >= 0.6 is 0 Å². The van der Waals surface area contributed by atoms with E-state index in [-0.39, 0.29) is 5.75 Å². The fourth-order valence-electron chi connectivity index (χ4n) is 2.71. The summed E-state index contributed by atoms with van der Waals surface area (Å²) in [6, 6.07) is 21.0. The van der Waals surface area contributed by atoms with E-state index in [0.29, 0.717) is 0 Å². The fourth-order valence-corrected chi connectivity index (χ4v) is 2.71. The molecule has 0 unspecified atom stereocenters. The van der Waals surface area contributed by atoms with Crippen LogP contribution in [0.2, 0.25) is 0 Å². The molecule has 3 nitrogen and oxygen atoms in total. The average Bonchev–Trinajstić information content (AvgIpc) is 2.62. The van der Waals surface area contributed by atoms with Gasteiger partial charge in [0.25, 0.3) is 0 Å². The maximum absolute atomic E-state index is 10.8. The Hall–Kier alpha value is -2.94. The smallest absolute Gasteiger partial charge is 0.131 e. The van der Waals surface area contributed by atoms with Crippen LogP contribution in [0.15, 0.2) is 66.7 Å². The average molecular weight is 306 g/mol. The van der Waals surface area contributed by atoms with Crippen LogP contribution in [0.1, 0.15) is 0 Å². The molecule has 0 aliphatic heterocycles. The molecule has 3 aromatic rings. The predicted molar refractivity (Wildman–Crippen MR) is 92.1 cm³/mol. The van der Waals surface area contributed by atoms with Crippen molar-refractivity contribution in [3.05, 3.63) is 66.7 Å². The molecular weight excluding hydrogens is 288 g/mol. The van der Waals surface area contributed by atoms with E-state index in [4.69, 9.17) is 9.47 Å². The minimum absolute atomic E-state index is 0.210. The number of methoxy groups -OCH3 is 2. The third kappa shape index (κ3) is 2.73. The van der Waals surface area contributed by atoms with Gasteiger partial charge in [0.05, 0.1) is 14.2 Å². The van der Waals surface area contributed by atoms with E-state index in [9.17, 15) is 5.11 Å². The van der Waals surface area contributed by atoms with Gasteiger partial charge in [-0.1, -0.05) is 54.6 Å². The topological polar surface area (TPSA) is 38.7 Å². The zero-order chi connectivity index (χ0) is 16.2. The van der Waals surface area contributed by atoms with E-state index in [1.54, 1.807) is 14.2 Å². The number of benzene rings is 3. The minimum Gasteiger partial charge on any atom is -0.507 e. The molecule has 3 aromatic carbocycles. The van der Waals surface area contributed by atoms with Crippen molar-refractivity contribution in [2.75, 3.05) is 14.2 Å². The summed E-state index contributed by atoms with van der Waals surface area (Å²) in [5.41, 5.74) is 3.16. The van der Waals surface area contributed by atoms with E-state index < -0.39 is 0 Å². The molecule has 0 aliphatic carbocycles. The Balaban J connectivity index is 2.20. The molecule has 3 heteroatoms. The lowest BCUT2D eigenvalue weighted by Crippen LogP contribution is -1.91. The van der Waals surface area contributed by atoms with Crippen LogP contribution < -0.4 is 9.47 Å². The number of ether oxygens (including phenoxy) is 2. The molecule has 1 N–H and O–H groups in total. The third-order valence-corrected chi connectivity index (χ3v) is 3.83. The van der Waals surface area contributed by atoms with Gasteiger partial charge in [0.1, 0.15) is 17.2 Å². The first-order chi connectivity index (χ1) is 11.3. The second kappa shape index (κ2) is 6.44. The quantitative estimate of drug-likeness (QED) is 0.756. The molecular formula is C20H18O3. The number of hydrogen-bond donors (Lipinski definition) is 1. The van der Waals surface area contributed by atoms with Gasteiger partial charge < -0.3 is 14.6 Å². The van der Waals surface area contributed by atoms with E-state index in [1.165, 1.54) is 0 Å². The summed E-state index contributed by atoms with van der Waals surface area (Å²) >= 11 is 0. The maximum Gasteiger partial charge on any atom is 0.131 e. The standard InChI is InChI=1S/C20H18O3/c1-22-18-12-5-3-8-14(18)16-10-7-11-17(20(16)21)15-9-4-6-13-19(15)23-2/h3-13,21H,1-2H3. The van der Waals surface area contributed by atoms with Gasteiger partial charge in [-0.3, -0.25) is 0 Å². The highest BCUT2D eigenvalue weighted by molar-refractivity contribution is 5.86. The molecule has 116 valence electrons. The number of hydrogen-bond acceptors (Lipinski definition) is 3. The molecule has 0 spiro atoms. The van der Waals surface area contributed by atoms with Gasteiger partial charge in [-0.05, 0) is 12.1 Å². The second-order valence-electron chi connectivity index (χ2n) is 5.10. The first-order valence-corrected chi connectivity index (χ1v) is 7.35. The Labute approximate surface area is 135 Å². The van der Waals surface area contributed by atoms with Crippen LogP contribution in [0.25, 0.3) is 22.3 Å². The van der Waals surface area contributed by atoms with Crippen LogP contribution in [0.4, 0.5) is 0 Å². The van der Waals surface area contributed by atoms with Gasteiger partial charge in [-0.25, -0.2) is 0 Å². The summed E-state index contributed by atoms with van der Waals surface area (Å²) in [6.07, 6.45) is 0. The molecule has 0 saturated heterocycles. The Morgan fingerprint density at radius 1 is 0.565 bits per heavy atom. The molecule has 0 atom stereocenters. The third-order valence-electron chi connectivity index (χ3n) is 3.83. The van der Waals surface area contributed by atoms with Crippen molar-refractivity contribution >= 4 is 0 Å². The second-order valence-corrected chi connectivity index (χ2v) is 5.10. The molecule has 23 heavy (non-hydrogen) atoms. The van der Waals surface area contributed by atoms with E-state index in [2.05, 4.69) is 0 Å². The van der Waals surface area contributed by atoms with Crippen molar-refractivity contribution in [1.82, 2.24) is 0 Å². The fraction of sp³-hybridized carbons (Fsp3) is 0.100. The molecule has 3 rings (SSSR count). The minimum atomic E-state index is 0.210. The molecule has 0 fully saturated rings. The lowest BCUT2D eigenvalue weighted by atomic mass is 9.96. The van der Waals surface area contributed by atoms with Crippen molar-refractivity contribution < 1.29 is 14.6 Å². The van der Waals surface area contributed by atoms with Gasteiger partial charge in [0.15, 0.2) is 0 Å². The van der Waals surface area contributed by atoms with Gasteiger partial charge in [-0.2, -0.15) is 0 Å². The van der Waals surface area contributed by atoms with Crippen molar-refractivity contribution in [2.45, 2.75) is 0 Å². The normalized spacial score (nSPS) is 10.3. The lowest BCUT2D eigenvalue weighted by molar-refractivity contribution is 0.415. The number of para-hydroxylation sites is 3. The van der Waals surface area contributed by atoms with Crippen LogP contribution in [0.5, 0.6) is 17.2 Å². The van der Waals surface area contributed by atoms with Gasteiger partial charge in [0, 0.05) is 22.3 Å². The number of phenols is 1. The van der Waals surface area contributed by atoms with E-state index in [1.807, 2.05) is 66.7 Å². The summed E-state index contributed by atoms with van der Waals surface area (Å²) in [4.78, 5) is 0. The Morgan fingerprint density at radius 3 is 1.39 bits per heavy atom. The molecule has 0 radical (unpaired) electrons. The summed E-state index contributed by atoms with van der Waals surface area (Å²) < 4.78 is 10.8. The first kappa shape index (κ1) is 15.0. The number of aromatic hydroxyl groups is 1. The zero-order valence-electron chi connectivity index (χ0n) is 13.1. The van der Waals surface area contributed by atoms with Crippen molar-refractivity contribution in [2.24, 2.45) is 0 Å². The first-order valence-electron chi connectivity index (χ1n) is 7.35. The highest BCUT2D eigenvalue weighted by atomic mass is 16.5. The SMILES string of the molecule is COc1ccccc1-c1cccc(-c2ccccc2OC)c1O. The maximum atomic E-state index is 10.8. The van der Waals surface area contributed by atoms with Crippen LogP contribution in [-0.2, 0) is 0 Å². The summed E-state index contributed by atoms with van der Waals surface area (Å²) in [7, 11) is 3.25. The summed E-state index contributed by atoms with van der Waals surface area (Å²) in [5, 5.41) is 10.8. The lowest BCUT2D eigenvalue weighted by Gasteiger charge is -2.14. The monoisotopic (exact) mass is 306 g/mol. The van der Waals surface area contributed by atoms with Crippen LogP contribution in [-0.4, -0.2) is 19.3 Å². The highest BCUT2D eigenvalue weighted by Gasteiger charge is 2.15. The zero-order valence-corrected chi connectivity index (χ0v) is 13.1. The van der Waals surface area contributed by atoms with Gasteiger partial charge >= 0.3 is 0 Å². The largest absolute Gasteiger partial charge is 0.507 e. The van der Waals surface area contributed by atoms with Crippen molar-refractivity contribution in [3.8, 4) is 39.5 Å². The van der Waals surface area contributed by atoms with Gasteiger partial charge in [-0.15, -0.1) is 0 Å². The summed E-state index contributed by atoms with van der Waals surface area (Å²) in [5.74, 6) is 1.65. The Kier molecular flexibility index (Phi) is 4.20. The Bertz CT molecular complexity index is 759. The Morgan fingerprint density at radius 2 is 0.957 bits per heavy atom. The van der Waals surface area contributed by atoms with Crippen LogP contribution in [0.3, 0.4) is 0 Å². The number of phenolic OH excluding ortho intramolecular Hbond substituents is 1. The van der Waals surface area contributed by atoms with E-state index >= 15 is 0 Å². The molecule has 0 amide bonds. The number of rotatable bonds is 4. The van der Waals surface area contributed by atoms with Crippen molar-refractivity contribution in [3.63, 3.8) is 0 Å². The molecule has 0 heterocycles. The molecule has 0 aromatic heterocycles. The molecule has 0 bridgehead atoms. The van der Waals surface area contributed by atoms with Crippen molar-refractivity contribution in [1.29, 1.82) is 0 Å². The molecule has 0 aliphatic rings. The van der Waals surface area contributed by atoms with Gasteiger partial charge in [0.2, 0.25) is 0 Å².